The first-order valence-electron chi connectivity index (χ1n) is 9.90. The van der Waals surface area contributed by atoms with Gasteiger partial charge in [0, 0.05) is 25.8 Å². The van der Waals surface area contributed by atoms with Gasteiger partial charge >= 0.3 is 0 Å². The Balaban J connectivity index is 1.81. The van der Waals surface area contributed by atoms with Crippen LogP contribution < -0.4 is 4.72 Å². The second-order valence-electron chi connectivity index (χ2n) is 8.15. The van der Waals surface area contributed by atoms with Crippen molar-refractivity contribution >= 4 is 33.2 Å². The molecule has 3 rings (SSSR count). The quantitative estimate of drug-likeness (QED) is 0.728. The van der Waals surface area contributed by atoms with Gasteiger partial charge in [0.05, 0.1) is 15.5 Å². The van der Waals surface area contributed by atoms with Crippen LogP contribution in [0.4, 0.5) is 5.69 Å². The third kappa shape index (κ3) is 5.14. The van der Waals surface area contributed by atoms with Crippen LogP contribution in [0.1, 0.15) is 27.9 Å². The molecule has 0 bridgehead atoms. The number of hydrogen-bond acceptors (Lipinski definition) is 4. The van der Waals surface area contributed by atoms with E-state index in [0.29, 0.717) is 18.2 Å². The molecule has 30 heavy (non-hydrogen) atoms. The van der Waals surface area contributed by atoms with E-state index in [4.69, 9.17) is 11.6 Å². The first-order chi connectivity index (χ1) is 14.1. The minimum Gasteiger partial charge on any atom is -0.341 e. The van der Waals surface area contributed by atoms with Crippen LogP contribution in [0, 0.1) is 19.8 Å². The second-order valence-corrected chi connectivity index (χ2v) is 10.2. The summed E-state index contributed by atoms with van der Waals surface area (Å²) >= 11 is 6.25. The SMILES string of the molecule is Cc1ccc(NS(=O)(=O)c2ccc(Cl)c(C(=O)N(C)CC3CCN(C)C3)c2)cc1C. The summed E-state index contributed by atoms with van der Waals surface area (Å²) in [6.07, 6.45) is 1.04. The van der Waals surface area contributed by atoms with E-state index in [1.54, 1.807) is 24.1 Å². The Labute approximate surface area is 183 Å². The molecule has 0 spiro atoms. The van der Waals surface area contributed by atoms with Gasteiger partial charge in [-0.3, -0.25) is 9.52 Å². The Morgan fingerprint density at radius 3 is 2.57 bits per heavy atom. The number of carbonyl (C=O) groups excluding carboxylic acids is 1. The topological polar surface area (TPSA) is 69.7 Å². The summed E-state index contributed by atoms with van der Waals surface area (Å²) in [5, 5.41) is 0.237. The van der Waals surface area contributed by atoms with Crippen molar-refractivity contribution in [3.05, 3.63) is 58.1 Å². The largest absolute Gasteiger partial charge is 0.341 e. The van der Waals surface area contributed by atoms with Crippen molar-refractivity contribution in [1.82, 2.24) is 9.80 Å². The zero-order valence-corrected chi connectivity index (χ0v) is 19.3. The predicted molar refractivity (Wildman–Crippen MR) is 121 cm³/mol. The summed E-state index contributed by atoms with van der Waals surface area (Å²) in [7, 11) is -0.0644. The molecule has 1 saturated heterocycles. The molecular weight excluding hydrogens is 422 g/mol. The number of amides is 1. The molecule has 1 atom stereocenters. The van der Waals surface area contributed by atoms with Gasteiger partial charge < -0.3 is 9.80 Å². The van der Waals surface area contributed by atoms with Gasteiger partial charge in [-0.1, -0.05) is 17.7 Å². The van der Waals surface area contributed by atoms with Crippen LogP contribution in [0.3, 0.4) is 0 Å². The molecule has 1 aliphatic heterocycles. The summed E-state index contributed by atoms with van der Waals surface area (Å²) in [5.41, 5.74) is 2.73. The van der Waals surface area contributed by atoms with E-state index in [0.717, 1.165) is 30.6 Å². The molecule has 0 aliphatic carbocycles. The van der Waals surface area contributed by atoms with Crippen molar-refractivity contribution in [3.8, 4) is 0 Å². The van der Waals surface area contributed by atoms with Crippen LogP contribution in [0.25, 0.3) is 0 Å². The van der Waals surface area contributed by atoms with Gasteiger partial charge in [0.15, 0.2) is 0 Å². The minimum atomic E-state index is -3.86. The maximum Gasteiger partial charge on any atom is 0.261 e. The molecular formula is C22H28ClN3O3S. The summed E-state index contributed by atoms with van der Waals surface area (Å²) < 4.78 is 28.3. The molecule has 0 saturated carbocycles. The van der Waals surface area contributed by atoms with Gasteiger partial charge in [-0.2, -0.15) is 0 Å². The highest BCUT2D eigenvalue weighted by atomic mass is 35.5. The zero-order valence-electron chi connectivity index (χ0n) is 17.8. The van der Waals surface area contributed by atoms with E-state index in [1.165, 1.54) is 18.2 Å². The molecule has 1 fully saturated rings. The number of rotatable bonds is 6. The fourth-order valence-electron chi connectivity index (χ4n) is 3.71. The van der Waals surface area contributed by atoms with Crippen molar-refractivity contribution < 1.29 is 13.2 Å². The fourth-order valence-corrected chi connectivity index (χ4v) is 4.98. The number of nitrogens with zero attached hydrogens (tertiary/aromatic N) is 2. The van der Waals surface area contributed by atoms with Gasteiger partial charge in [0.25, 0.3) is 15.9 Å². The van der Waals surface area contributed by atoms with Gasteiger partial charge in [-0.25, -0.2) is 8.42 Å². The van der Waals surface area contributed by atoms with Gasteiger partial charge in [-0.05, 0) is 81.2 Å². The Hall–Kier alpha value is -2.09. The molecule has 0 aromatic heterocycles. The Kier molecular flexibility index (Phi) is 6.75. The normalized spacial score (nSPS) is 17.2. The molecule has 1 unspecified atom stereocenters. The van der Waals surface area contributed by atoms with Crippen molar-refractivity contribution in [1.29, 1.82) is 0 Å². The lowest BCUT2D eigenvalue weighted by Crippen LogP contribution is -2.33. The molecule has 1 amide bonds. The summed E-state index contributed by atoms with van der Waals surface area (Å²) in [4.78, 5) is 16.8. The maximum absolute atomic E-state index is 13.0. The monoisotopic (exact) mass is 449 g/mol. The van der Waals surface area contributed by atoms with Crippen molar-refractivity contribution in [2.24, 2.45) is 5.92 Å². The number of sulfonamides is 1. The predicted octanol–water partition coefficient (Wildman–Crippen LogP) is 3.78. The number of hydrogen-bond donors (Lipinski definition) is 1. The summed E-state index contributed by atoms with van der Waals surface area (Å²) in [5.74, 6) is 0.124. The Morgan fingerprint density at radius 2 is 1.93 bits per heavy atom. The molecule has 2 aromatic carbocycles. The number of halogens is 1. The maximum atomic E-state index is 13.0. The van der Waals surface area contributed by atoms with Crippen LogP contribution in [-0.4, -0.2) is 57.9 Å². The van der Waals surface area contributed by atoms with E-state index in [2.05, 4.69) is 16.7 Å². The molecule has 1 aliphatic rings. The third-order valence-corrected chi connectivity index (χ3v) is 7.31. The van der Waals surface area contributed by atoms with Crippen LogP contribution in [0.5, 0.6) is 0 Å². The molecule has 162 valence electrons. The lowest BCUT2D eigenvalue weighted by Gasteiger charge is -2.22. The summed E-state index contributed by atoms with van der Waals surface area (Å²) in [6.45, 7) is 6.46. The van der Waals surface area contributed by atoms with Crippen molar-refractivity contribution in [3.63, 3.8) is 0 Å². The van der Waals surface area contributed by atoms with E-state index in [9.17, 15) is 13.2 Å². The highest BCUT2D eigenvalue weighted by Gasteiger charge is 2.25. The smallest absolute Gasteiger partial charge is 0.261 e. The highest BCUT2D eigenvalue weighted by Crippen LogP contribution is 2.25. The number of anilines is 1. The van der Waals surface area contributed by atoms with Gasteiger partial charge in [0.2, 0.25) is 0 Å². The average molecular weight is 450 g/mol. The minimum absolute atomic E-state index is 0.00229. The lowest BCUT2D eigenvalue weighted by molar-refractivity contribution is 0.0774. The zero-order chi connectivity index (χ0) is 22.1. The van der Waals surface area contributed by atoms with Crippen molar-refractivity contribution in [2.45, 2.75) is 25.2 Å². The van der Waals surface area contributed by atoms with Crippen LogP contribution >= 0.6 is 11.6 Å². The second kappa shape index (κ2) is 8.96. The summed E-state index contributed by atoms with van der Waals surface area (Å²) in [6, 6.07) is 9.58. The first kappa shape index (κ1) is 22.6. The number of nitrogens with one attached hydrogen (secondary N) is 1. The number of carbonyl (C=O) groups is 1. The van der Waals surface area contributed by atoms with Gasteiger partial charge in [0.1, 0.15) is 0 Å². The lowest BCUT2D eigenvalue weighted by atomic mass is 10.1. The molecule has 1 N–H and O–H groups in total. The van der Waals surface area contributed by atoms with Crippen LogP contribution in [0.2, 0.25) is 5.02 Å². The molecule has 6 nitrogen and oxygen atoms in total. The van der Waals surface area contributed by atoms with E-state index in [1.807, 2.05) is 19.9 Å². The number of likely N-dealkylation sites (tertiary alicyclic amines) is 1. The first-order valence-corrected chi connectivity index (χ1v) is 11.8. The van der Waals surface area contributed by atoms with Gasteiger partial charge in [-0.15, -0.1) is 0 Å². The molecule has 1 heterocycles. The highest BCUT2D eigenvalue weighted by molar-refractivity contribution is 7.92. The Morgan fingerprint density at radius 1 is 1.20 bits per heavy atom. The molecule has 2 aromatic rings. The number of aryl methyl sites for hydroxylation is 2. The van der Waals surface area contributed by atoms with E-state index >= 15 is 0 Å². The van der Waals surface area contributed by atoms with Crippen LogP contribution in [0.15, 0.2) is 41.3 Å². The molecule has 8 heteroatoms. The van der Waals surface area contributed by atoms with E-state index < -0.39 is 10.0 Å². The van der Waals surface area contributed by atoms with Crippen LogP contribution in [-0.2, 0) is 10.0 Å². The van der Waals surface area contributed by atoms with E-state index in [-0.39, 0.29) is 21.4 Å². The third-order valence-electron chi connectivity index (χ3n) is 5.61. The number of benzene rings is 2. The molecule has 0 radical (unpaired) electrons. The average Bonchev–Trinajstić information content (AvgIpc) is 3.08. The standard InChI is InChI=1S/C22H28ClN3O3S/c1-15-5-6-18(11-16(15)2)24-30(28,29)19-7-8-21(23)20(12-19)22(27)26(4)14-17-9-10-25(3)13-17/h5-8,11-12,17,24H,9-10,13-14H2,1-4H3. The van der Waals surface area contributed by atoms with Crippen molar-refractivity contribution in [2.75, 3.05) is 38.5 Å². The Bertz CT molecular complexity index is 1060. The fraction of sp³-hybridized carbons (Fsp3) is 0.409.